The summed E-state index contributed by atoms with van der Waals surface area (Å²) in [5.74, 6) is -1.15. The Morgan fingerprint density at radius 3 is 2.25 bits per heavy atom. The first-order chi connectivity index (χ1) is 17.3. The zero-order valence-corrected chi connectivity index (χ0v) is 20.8. The third kappa shape index (κ3) is 5.58. The molecule has 1 heterocycles. The molecule has 7 nitrogen and oxygen atoms in total. The van der Waals surface area contributed by atoms with Crippen molar-refractivity contribution in [1.29, 1.82) is 0 Å². The standard InChI is InChI=1S/C28H27ClN4O3/c1-19(2)33(21-11-4-3-5-12-21)27(35)18-32(25-15-9-7-13-22(25)29)26(34)17-30-28(36)24-16-20-10-6-8-14-23(20)31-24/h3-16,19,31H,17-18H2,1-2H3,(H,30,36). The molecule has 3 aromatic carbocycles. The molecule has 36 heavy (non-hydrogen) atoms. The molecule has 0 radical (unpaired) electrons. The molecule has 0 spiro atoms. The fourth-order valence-electron chi connectivity index (χ4n) is 4.05. The van der Waals surface area contributed by atoms with Crippen molar-refractivity contribution in [3.8, 4) is 0 Å². The van der Waals surface area contributed by atoms with Gasteiger partial charge in [-0.3, -0.25) is 19.3 Å². The maximum Gasteiger partial charge on any atom is 0.268 e. The van der Waals surface area contributed by atoms with Gasteiger partial charge in [0.2, 0.25) is 11.8 Å². The number of para-hydroxylation sites is 3. The summed E-state index contributed by atoms with van der Waals surface area (Å²) in [6.07, 6.45) is 0. The summed E-state index contributed by atoms with van der Waals surface area (Å²) in [5.41, 5.74) is 2.30. The number of rotatable bonds is 8. The van der Waals surface area contributed by atoms with Crippen molar-refractivity contribution in [2.45, 2.75) is 19.9 Å². The number of aromatic nitrogens is 1. The van der Waals surface area contributed by atoms with Gasteiger partial charge in [-0.2, -0.15) is 0 Å². The van der Waals surface area contributed by atoms with Crippen LogP contribution in [0.25, 0.3) is 10.9 Å². The molecule has 8 heteroatoms. The van der Waals surface area contributed by atoms with Gasteiger partial charge in [-0.1, -0.05) is 60.1 Å². The molecule has 0 aliphatic carbocycles. The number of hydrogen-bond acceptors (Lipinski definition) is 3. The van der Waals surface area contributed by atoms with E-state index in [2.05, 4.69) is 10.3 Å². The summed E-state index contributed by atoms with van der Waals surface area (Å²) in [4.78, 5) is 45.5. The Hall–Kier alpha value is -4.10. The minimum absolute atomic E-state index is 0.134. The summed E-state index contributed by atoms with van der Waals surface area (Å²) < 4.78 is 0. The van der Waals surface area contributed by atoms with E-state index in [-0.39, 0.29) is 25.0 Å². The van der Waals surface area contributed by atoms with Gasteiger partial charge in [-0.15, -0.1) is 0 Å². The Labute approximate surface area is 214 Å². The van der Waals surface area contributed by atoms with Gasteiger partial charge in [0.25, 0.3) is 5.91 Å². The molecule has 1 aromatic heterocycles. The molecule has 0 saturated carbocycles. The Morgan fingerprint density at radius 2 is 1.56 bits per heavy atom. The van der Waals surface area contributed by atoms with Crippen LogP contribution in [0.1, 0.15) is 24.3 Å². The Balaban J connectivity index is 1.54. The van der Waals surface area contributed by atoms with Gasteiger partial charge in [0.1, 0.15) is 12.2 Å². The lowest BCUT2D eigenvalue weighted by atomic mass is 10.2. The molecule has 0 unspecified atom stereocenters. The number of hydrogen-bond donors (Lipinski definition) is 2. The highest BCUT2D eigenvalue weighted by atomic mass is 35.5. The molecule has 184 valence electrons. The SMILES string of the molecule is CC(C)N(C(=O)CN(C(=O)CNC(=O)c1cc2ccccc2[nH]1)c1ccccc1Cl)c1ccccc1. The van der Waals surface area contributed by atoms with E-state index in [4.69, 9.17) is 11.6 Å². The number of halogens is 1. The average molecular weight is 503 g/mol. The quantitative estimate of drug-likeness (QED) is 0.354. The van der Waals surface area contributed by atoms with Gasteiger partial charge in [-0.25, -0.2) is 0 Å². The number of fused-ring (bicyclic) bond motifs is 1. The molecule has 0 saturated heterocycles. The predicted octanol–water partition coefficient (Wildman–Crippen LogP) is 5.03. The molecule has 0 aliphatic heterocycles. The second-order valence-electron chi connectivity index (χ2n) is 8.58. The highest BCUT2D eigenvalue weighted by molar-refractivity contribution is 6.34. The number of H-pyrrole nitrogens is 1. The Morgan fingerprint density at radius 1 is 0.889 bits per heavy atom. The van der Waals surface area contributed by atoms with E-state index >= 15 is 0 Å². The lowest BCUT2D eigenvalue weighted by Gasteiger charge is -2.30. The monoisotopic (exact) mass is 502 g/mol. The molecule has 0 aliphatic rings. The number of nitrogens with zero attached hydrogens (tertiary/aromatic N) is 2. The number of aromatic amines is 1. The van der Waals surface area contributed by atoms with Crippen molar-refractivity contribution in [2.75, 3.05) is 22.9 Å². The van der Waals surface area contributed by atoms with Crippen molar-refractivity contribution in [1.82, 2.24) is 10.3 Å². The Kier molecular flexibility index (Phi) is 7.71. The van der Waals surface area contributed by atoms with E-state index in [1.807, 2.05) is 68.4 Å². The van der Waals surface area contributed by atoms with Crippen LogP contribution in [0.3, 0.4) is 0 Å². The highest BCUT2D eigenvalue weighted by Gasteiger charge is 2.26. The van der Waals surface area contributed by atoms with Crippen molar-refractivity contribution in [3.05, 3.63) is 95.6 Å². The van der Waals surface area contributed by atoms with Crippen LogP contribution in [-0.2, 0) is 9.59 Å². The minimum Gasteiger partial charge on any atom is -0.351 e. The predicted molar refractivity (Wildman–Crippen MR) is 144 cm³/mol. The smallest absolute Gasteiger partial charge is 0.268 e. The van der Waals surface area contributed by atoms with Crippen LogP contribution in [-0.4, -0.2) is 41.8 Å². The lowest BCUT2D eigenvalue weighted by Crippen LogP contribution is -2.48. The number of anilines is 2. The van der Waals surface area contributed by atoms with E-state index in [0.29, 0.717) is 16.4 Å². The van der Waals surface area contributed by atoms with Crippen molar-refractivity contribution >= 4 is 51.6 Å². The molecule has 4 aromatic rings. The van der Waals surface area contributed by atoms with Gasteiger partial charge >= 0.3 is 0 Å². The summed E-state index contributed by atoms with van der Waals surface area (Å²) in [6, 6.07) is 25.2. The van der Waals surface area contributed by atoms with Crippen molar-refractivity contribution in [3.63, 3.8) is 0 Å². The normalized spacial score (nSPS) is 10.9. The maximum absolute atomic E-state index is 13.4. The van der Waals surface area contributed by atoms with Gasteiger partial charge in [0.15, 0.2) is 0 Å². The Bertz CT molecular complexity index is 1350. The summed E-state index contributed by atoms with van der Waals surface area (Å²) >= 11 is 6.40. The van der Waals surface area contributed by atoms with Crippen molar-refractivity contribution < 1.29 is 14.4 Å². The summed E-state index contributed by atoms with van der Waals surface area (Å²) in [5, 5.41) is 3.88. The summed E-state index contributed by atoms with van der Waals surface area (Å²) in [7, 11) is 0. The minimum atomic E-state index is -0.460. The zero-order chi connectivity index (χ0) is 25.7. The topological polar surface area (TPSA) is 85.5 Å². The molecule has 3 amide bonds. The van der Waals surface area contributed by atoms with Gasteiger partial charge in [0.05, 0.1) is 17.3 Å². The third-order valence-corrected chi connectivity index (χ3v) is 6.05. The lowest BCUT2D eigenvalue weighted by molar-refractivity contribution is -0.122. The van der Waals surface area contributed by atoms with E-state index in [1.54, 1.807) is 35.2 Å². The van der Waals surface area contributed by atoms with Crippen LogP contribution in [0.4, 0.5) is 11.4 Å². The maximum atomic E-state index is 13.4. The molecule has 2 N–H and O–H groups in total. The van der Waals surface area contributed by atoms with Crippen LogP contribution in [0.5, 0.6) is 0 Å². The van der Waals surface area contributed by atoms with E-state index in [0.717, 1.165) is 16.6 Å². The van der Waals surface area contributed by atoms with Crippen LogP contribution in [0.2, 0.25) is 5.02 Å². The zero-order valence-electron chi connectivity index (χ0n) is 20.1. The second kappa shape index (κ2) is 11.1. The van der Waals surface area contributed by atoms with E-state index in [9.17, 15) is 14.4 Å². The fourth-order valence-corrected chi connectivity index (χ4v) is 4.29. The van der Waals surface area contributed by atoms with E-state index in [1.165, 1.54) is 4.90 Å². The fraction of sp³-hybridized carbons (Fsp3) is 0.179. The molecule has 0 atom stereocenters. The number of amides is 3. The average Bonchev–Trinajstić information content (AvgIpc) is 3.31. The first-order valence-corrected chi connectivity index (χ1v) is 12.0. The number of benzene rings is 3. The van der Waals surface area contributed by atoms with Gasteiger partial charge in [0, 0.05) is 22.6 Å². The molecule has 0 fully saturated rings. The van der Waals surface area contributed by atoms with Gasteiger partial charge in [-0.05, 0) is 50.2 Å². The molecular formula is C28H27ClN4O3. The van der Waals surface area contributed by atoms with Crippen molar-refractivity contribution in [2.24, 2.45) is 0 Å². The third-order valence-electron chi connectivity index (χ3n) is 5.73. The molecular weight excluding hydrogens is 476 g/mol. The molecule has 4 rings (SSSR count). The second-order valence-corrected chi connectivity index (χ2v) is 8.98. The first-order valence-electron chi connectivity index (χ1n) is 11.6. The number of carbonyl (C=O) groups excluding carboxylic acids is 3. The van der Waals surface area contributed by atoms with Crippen LogP contribution < -0.4 is 15.1 Å². The van der Waals surface area contributed by atoms with Gasteiger partial charge < -0.3 is 15.2 Å². The number of carbonyl (C=O) groups is 3. The number of nitrogens with one attached hydrogen (secondary N) is 2. The van der Waals surface area contributed by atoms with E-state index < -0.39 is 11.8 Å². The largest absolute Gasteiger partial charge is 0.351 e. The first kappa shape index (κ1) is 25.0. The van der Waals surface area contributed by atoms with Crippen LogP contribution >= 0.6 is 11.6 Å². The molecule has 0 bridgehead atoms. The highest BCUT2D eigenvalue weighted by Crippen LogP contribution is 2.26. The summed E-state index contributed by atoms with van der Waals surface area (Å²) in [6.45, 7) is 3.28. The van der Waals surface area contributed by atoms with Crippen LogP contribution in [0.15, 0.2) is 84.9 Å². The van der Waals surface area contributed by atoms with Crippen LogP contribution in [0, 0.1) is 0 Å².